The second-order valence-electron chi connectivity index (χ2n) is 8.45. The number of aromatic nitrogens is 1. The van der Waals surface area contributed by atoms with Gasteiger partial charge < -0.3 is 19.9 Å². The van der Waals surface area contributed by atoms with Crippen molar-refractivity contribution in [2.24, 2.45) is 11.3 Å². The number of aliphatic hydroxyl groups is 1. The third kappa shape index (κ3) is 10.3. The molecule has 0 radical (unpaired) electrons. The Kier molecular flexibility index (Phi) is 10.9. The van der Waals surface area contributed by atoms with Crippen molar-refractivity contribution in [3.8, 4) is 0 Å². The van der Waals surface area contributed by atoms with Crippen LogP contribution in [0.25, 0.3) is 0 Å². The van der Waals surface area contributed by atoms with E-state index in [1.807, 2.05) is 0 Å². The van der Waals surface area contributed by atoms with Gasteiger partial charge in [0.15, 0.2) is 6.10 Å². The van der Waals surface area contributed by atoms with E-state index in [-0.39, 0.29) is 30.2 Å². The van der Waals surface area contributed by atoms with E-state index >= 15 is 0 Å². The fraction of sp³-hybridized carbons (Fsp3) is 0.619. The summed E-state index contributed by atoms with van der Waals surface area (Å²) < 4.78 is 39.4. The molecular formula is C21H32N2O9S. The van der Waals surface area contributed by atoms with Crippen LogP contribution >= 0.6 is 0 Å². The van der Waals surface area contributed by atoms with E-state index in [1.54, 1.807) is 19.9 Å². The van der Waals surface area contributed by atoms with Crippen LogP contribution in [0.15, 0.2) is 24.5 Å². The number of nitrogens with one attached hydrogen (secondary N) is 1. The molecule has 0 saturated carbocycles. The van der Waals surface area contributed by atoms with E-state index in [4.69, 9.17) is 13.7 Å². The van der Waals surface area contributed by atoms with Crippen molar-refractivity contribution in [2.45, 2.75) is 53.4 Å². The van der Waals surface area contributed by atoms with Crippen LogP contribution in [0.2, 0.25) is 0 Å². The number of rotatable bonds is 13. The Morgan fingerprint density at radius 2 is 1.88 bits per heavy atom. The first kappa shape index (κ1) is 28.5. The summed E-state index contributed by atoms with van der Waals surface area (Å²) in [6, 6.07) is 3.04. The molecule has 11 nitrogen and oxygen atoms in total. The lowest BCUT2D eigenvalue weighted by Gasteiger charge is -2.30. The second-order valence-corrected chi connectivity index (χ2v) is 10.2. The molecule has 1 heterocycles. The maximum Gasteiger partial charge on any atom is 0.342 e. The van der Waals surface area contributed by atoms with Crippen LogP contribution in [0, 0.1) is 11.3 Å². The Morgan fingerprint density at radius 3 is 2.42 bits per heavy atom. The van der Waals surface area contributed by atoms with Gasteiger partial charge in [-0.05, 0) is 18.6 Å². The highest BCUT2D eigenvalue weighted by Crippen LogP contribution is 2.25. The molecule has 1 unspecified atom stereocenters. The molecule has 0 saturated heterocycles. The normalized spacial score (nSPS) is 13.8. The number of nitrogens with zero attached hydrogens (tertiary/aromatic N) is 1. The molecule has 1 amide bonds. The molecule has 0 bridgehead atoms. The highest BCUT2D eigenvalue weighted by molar-refractivity contribution is 7.86. The van der Waals surface area contributed by atoms with Crippen molar-refractivity contribution in [1.82, 2.24) is 10.3 Å². The fourth-order valence-electron chi connectivity index (χ4n) is 2.34. The third-order valence-corrected chi connectivity index (χ3v) is 5.68. The van der Waals surface area contributed by atoms with Crippen LogP contribution in [-0.4, -0.2) is 67.7 Å². The smallest absolute Gasteiger partial charge is 0.342 e. The lowest BCUT2D eigenvalue weighted by molar-refractivity contribution is -0.191. The van der Waals surface area contributed by atoms with E-state index in [0.29, 0.717) is 0 Å². The maximum atomic E-state index is 12.5. The van der Waals surface area contributed by atoms with Crippen LogP contribution in [0.5, 0.6) is 0 Å². The minimum absolute atomic E-state index is 0.144. The summed E-state index contributed by atoms with van der Waals surface area (Å²) in [7, 11) is -3.94. The summed E-state index contributed by atoms with van der Waals surface area (Å²) in [6.45, 7) is 7.16. The number of aliphatic hydroxyl groups excluding tert-OH is 1. The molecule has 2 atom stereocenters. The second kappa shape index (κ2) is 12.6. The number of amides is 1. The van der Waals surface area contributed by atoms with Crippen molar-refractivity contribution in [2.75, 3.05) is 18.9 Å². The molecule has 0 fully saturated rings. The molecule has 1 rings (SSSR count). The van der Waals surface area contributed by atoms with Gasteiger partial charge in [-0.2, -0.15) is 8.42 Å². The summed E-state index contributed by atoms with van der Waals surface area (Å²) in [6.07, 6.45) is -0.112. The molecule has 0 aliphatic carbocycles. The van der Waals surface area contributed by atoms with Gasteiger partial charge in [-0.1, -0.05) is 27.7 Å². The van der Waals surface area contributed by atoms with Crippen LogP contribution in [0.4, 0.5) is 0 Å². The molecular weight excluding hydrogens is 456 g/mol. The van der Waals surface area contributed by atoms with Gasteiger partial charge in [0.05, 0.1) is 17.9 Å². The molecule has 2 N–H and O–H groups in total. The first-order chi connectivity index (χ1) is 15.2. The van der Waals surface area contributed by atoms with Gasteiger partial charge >= 0.3 is 11.9 Å². The lowest BCUT2D eigenvalue weighted by Crippen LogP contribution is -2.44. The van der Waals surface area contributed by atoms with Crippen LogP contribution < -0.4 is 5.32 Å². The van der Waals surface area contributed by atoms with E-state index in [2.05, 4.69) is 10.3 Å². The zero-order valence-corrected chi connectivity index (χ0v) is 20.3. The molecule has 1 aromatic heterocycles. The molecule has 1 aromatic rings. The zero-order valence-electron chi connectivity index (χ0n) is 19.4. The highest BCUT2D eigenvalue weighted by atomic mass is 32.2. The van der Waals surface area contributed by atoms with Gasteiger partial charge in [0.1, 0.15) is 0 Å². The average molecular weight is 489 g/mol. The van der Waals surface area contributed by atoms with Crippen LogP contribution in [0.1, 0.15) is 51.4 Å². The molecule has 0 spiro atoms. The van der Waals surface area contributed by atoms with Gasteiger partial charge in [0.25, 0.3) is 10.1 Å². The van der Waals surface area contributed by atoms with E-state index in [0.717, 1.165) is 0 Å². The van der Waals surface area contributed by atoms with Crippen molar-refractivity contribution in [3.05, 3.63) is 30.1 Å². The molecule has 0 aromatic carbocycles. The number of esters is 2. The highest BCUT2D eigenvalue weighted by Gasteiger charge is 2.38. The van der Waals surface area contributed by atoms with Gasteiger partial charge in [0.2, 0.25) is 12.2 Å². The third-order valence-electron chi connectivity index (χ3n) is 4.42. The number of ether oxygens (including phenoxy) is 2. The predicted octanol–water partition coefficient (Wildman–Crippen LogP) is 1.02. The quantitative estimate of drug-likeness (QED) is 0.178. The Bertz CT molecular complexity index is 902. The summed E-state index contributed by atoms with van der Waals surface area (Å²) >= 11 is 0. The monoisotopic (exact) mass is 488 g/mol. The first-order valence-corrected chi connectivity index (χ1v) is 11.9. The number of hydrogen-bond donors (Lipinski definition) is 2. The van der Waals surface area contributed by atoms with Crippen LogP contribution in [0.3, 0.4) is 0 Å². The van der Waals surface area contributed by atoms with Crippen molar-refractivity contribution in [1.29, 1.82) is 0 Å². The summed E-state index contributed by atoms with van der Waals surface area (Å²) in [4.78, 5) is 39.4. The molecule has 33 heavy (non-hydrogen) atoms. The predicted molar refractivity (Wildman–Crippen MR) is 117 cm³/mol. The Hall–Kier alpha value is -2.57. The van der Waals surface area contributed by atoms with E-state index < -0.39 is 52.4 Å². The minimum Gasteiger partial charge on any atom is -0.423 e. The largest absolute Gasteiger partial charge is 0.423 e. The van der Waals surface area contributed by atoms with Crippen molar-refractivity contribution in [3.63, 3.8) is 0 Å². The number of pyridine rings is 1. The fourth-order valence-corrected chi connectivity index (χ4v) is 3.44. The maximum absolute atomic E-state index is 12.5. The molecule has 0 aliphatic heterocycles. The summed E-state index contributed by atoms with van der Waals surface area (Å²) in [5.41, 5.74) is -1.17. The first-order valence-electron chi connectivity index (χ1n) is 10.4. The van der Waals surface area contributed by atoms with Crippen molar-refractivity contribution < 1.29 is 41.6 Å². The molecule has 186 valence electrons. The van der Waals surface area contributed by atoms with Gasteiger partial charge in [0, 0.05) is 37.2 Å². The Balaban J connectivity index is 2.67. The summed E-state index contributed by atoms with van der Waals surface area (Å²) in [5.74, 6) is -2.89. The van der Waals surface area contributed by atoms with Gasteiger partial charge in [-0.15, -0.1) is 0 Å². The average Bonchev–Trinajstić information content (AvgIpc) is 2.74. The Labute approximate surface area is 193 Å². The van der Waals surface area contributed by atoms with E-state index in [1.165, 1.54) is 39.2 Å². The van der Waals surface area contributed by atoms with Gasteiger partial charge in [-0.25, -0.2) is 9.59 Å². The summed E-state index contributed by atoms with van der Waals surface area (Å²) in [5, 5.41) is 12.9. The number of carbonyl (C=O) groups is 3. The van der Waals surface area contributed by atoms with Crippen LogP contribution in [-0.2, 0) is 33.4 Å². The SMILES string of the molecule is CC(=O)NCCCS(=O)(=O)OCC(C)(C)[C@@H](O)C(=O)OC(OC(=O)c1cccnc1)C(C)C. The minimum atomic E-state index is -3.94. The zero-order chi connectivity index (χ0) is 25.2. The van der Waals surface area contributed by atoms with Gasteiger partial charge in [-0.3, -0.25) is 14.0 Å². The molecule has 0 aliphatic rings. The topological polar surface area (TPSA) is 158 Å². The molecule has 12 heteroatoms. The number of hydrogen-bond acceptors (Lipinski definition) is 10. The van der Waals surface area contributed by atoms with Crippen molar-refractivity contribution >= 4 is 28.0 Å². The standard InChI is InChI=1S/C21H32N2O9S/c1-14(2)20(31-18(26)16-8-6-9-22-12-16)32-19(27)17(25)21(4,5)13-30-33(28,29)11-7-10-23-15(3)24/h6,8-9,12,14,17,20,25H,7,10-11,13H2,1-5H3,(H,23,24)/t17-,20?/m0/s1. The Morgan fingerprint density at radius 1 is 1.21 bits per heavy atom. The number of carbonyl (C=O) groups excluding carboxylic acids is 3. The lowest BCUT2D eigenvalue weighted by atomic mass is 9.87. The van der Waals surface area contributed by atoms with E-state index in [9.17, 15) is 27.9 Å².